The number of rotatable bonds is 2. The standard InChI is InChI=1S/C13H20O3/c1-16-11(14)7-12-3-9-2-10(4-12)6-13(15,5-9)8-12/h9-10,15H,2-8H2,1H3. The summed E-state index contributed by atoms with van der Waals surface area (Å²) in [6.07, 6.45) is 6.78. The summed E-state index contributed by atoms with van der Waals surface area (Å²) in [6, 6.07) is 0. The number of aliphatic hydroxyl groups is 1. The van der Waals surface area contributed by atoms with E-state index in [1.54, 1.807) is 0 Å². The van der Waals surface area contributed by atoms with E-state index in [0.29, 0.717) is 18.3 Å². The molecule has 0 spiro atoms. The van der Waals surface area contributed by atoms with Gasteiger partial charge in [0.05, 0.1) is 19.1 Å². The summed E-state index contributed by atoms with van der Waals surface area (Å²) in [5, 5.41) is 10.5. The van der Waals surface area contributed by atoms with E-state index in [1.165, 1.54) is 13.5 Å². The van der Waals surface area contributed by atoms with Gasteiger partial charge in [-0.15, -0.1) is 0 Å². The second-order valence-electron chi connectivity index (χ2n) is 6.44. The van der Waals surface area contributed by atoms with Crippen LogP contribution in [0.4, 0.5) is 0 Å². The SMILES string of the molecule is COC(=O)CC12CC3CC(CC(O)(C3)C1)C2. The van der Waals surface area contributed by atoms with Crippen LogP contribution in [0.3, 0.4) is 0 Å². The zero-order chi connectivity index (χ0) is 11.4. The third-order valence-electron chi connectivity index (χ3n) is 4.90. The van der Waals surface area contributed by atoms with Crippen LogP contribution in [0.25, 0.3) is 0 Å². The Labute approximate surface area is 96.2 Å². The summed E-state index contributed by atoms with van der Waals surface area (Å²) < 4.78 is 4.80. The Hall–Kier alpha value is -0.570. The molecular formula is C13H20O3. The molecule has 0 aromatic carbocycles. The van der Waals surface area contributed by atoms with Crippen molar-refractivity contribution in [3.05, 3.63) is 0 Å². The minimum Gasteiger partial charge on any atom is -0.469 e. The zero-order valence-corrected chi connectivity index (χ0v) is 9.87. The number of ether oxygens (including phenoxy) is 1. The quantitative estimate of drug-likeness (QED) is 0.728. The topological polar surface area (TPSA) is 46.5 Å². The highest BCUT2D eigenvalue weighted by Gasteiger charge is 2.57. The van der Waals surface area contributed by atoms with Crippen LogP contribution >= 0.6 is 0 Å². The van der Waals surface area contributed by atoms with Gasteiger partial charge in [0.2, 0.25) is 0 Å². The number of methoxy groups -OCH3 is 1. The van der Waals surface area contributed by atoms with E-state index in [0.717, 1.165) is 32.1 Å². The van der Waals surface area contributed by atoms with Crippen molar-refractivity contribution in [1.29, 1.82) is 0 Å². The fourth-order valence-electron chi connectivity index (χ4n) is 4.99. The second kappa shape index (κ2) is 3.22. The second-order valence-corrected chi connectivity index (χ2v) is 6.44. The van der Waals surface area contributed by atoms with Crippen molar-refractivity contribution < 1.29 is 14.6 Å². The van der Waals surface area contributed by atoms with Crippen LogP contribution in [-0.4, -0.2) is 23.8 Å². The number of hydrogen-bond acceptors (Lipinski definition) is 3. The summed E-state index contributed by atoms with van der Waals surface area (Å²) in [4.78, 5) is 11.5. The summed E-state index contributed by atoms with van der Waals surface area (Å²) in [5.41, 5.74) is -0.399. The van der Waals surface area contributed by atoms with E-state index in [9.17, 15) is 9.90 Å². The van der Waals surface area contributed by atoms with Crippen molar-refractivity contribution >= 4 is 5.97 Å². The van der Waals surface area contributed by atoms with Crippen LogP contribution in [0.5, 0.6) is 0 Å². The molecule has 4 aliphatic rings. The minimum atomic E-state index is -0.460. The maximum absolute atomic E-state index is 11.5. The fourth-order valence-corrected chi connectivity index (χ4v) is 4.99. The van der Waals surface area contributed by atoms with Crippen LogP contribution in [0, 0.1) is 17.3 Å². The van der Waals surface area contributed by atoms with E-state index >= 15 is 0 Å². The van der Waals surface area contributed by atoms with E-state index in [-0.39, 0.29) is 11.4 Å². The van der Waals surface area contributed by atoms with Gasteiger partial charge < -0.3 is 9.84 Å². The molecule has 0 heterocycles. The first-order valence-electron chi connectivity index (χ1n) is 6.32. The Morgan fingerprint density at radius 3 is 2.44 bits per heavy atom. The van der Waals surface area contributed by atoms with Crippen molar-refractivity contribution in [3.63, 3.8) is 0 Å². The van der Waals surface area contributed by atoms with Gasteiger partial charge in [0.25, 0.3) is 0 Å². The van der Waals surface area contributed by atoms with E-state index in [2.05, 4.69) is 0 Å². The number of carbonyl (C=O) groups is 1. The first-order chi connectivity index (χ1) is 7.53. The van der Waals surface area contributed by atoms with Gasteiger partial charge in [-0.1, -0.05) is 0 Å². The molecule has 0 saturated heterocycles. The average Bonchev–Trinajstić information content (AvgIpc) is 2.12. The predicted octanol–water partition coefficient (Wildman–Crippen LogP) is 1.88. The van der Waals surface area contributed by atoms with Crippen LogP contribution in [0.15, 0.2) is 0 Å². The number of hydrogen-bond donors (Lipinski definition) is 1. The third-order valence-corrected chi connectivity index (χ3v) is 4.90. The Morgan fingerprint density at radius 1 is 1.31 bits per heavy atom. The largest absolute Gasteiger partial charge is 0.469 e. The predicted molar refractivity (Wildman–Crippen MR) is 58.7 cm³/mol. The van der Waals surface area contributed by atoms with Crippen LogP contribution in [0.2, 0.25) is 0 Å². The molecule has 4 rings (SSSR count). The Balaban J connectivity index is 1.83. The molecule has 16 heavy (non-hydrogen) atoms. The third kappa shape index (κ3) is 1.56. The van der Waals surface area contributed by atoms with Crippen molar-refractivity contribution in [2.45, 2.75) is 50.5 Å². The highest BCUT2D eigenvalue weighted by molar-refractivity contribution is 5.70. The minimum absolute atomic E-state index is 0.0614. The van der Waals surface area contributed by atoms with Gasteiger partial charge in [0.15, 0.2) is 0 Å². The molecule has 90 valence electrons. The van der Waals surface area contributed by atoms with E-state index in [1.807, 2.05) is 0 Å². The van der Waals surface area contributed by atoms with Crippen molar-refractivity contribution in [3.8, 4) is 0 Å². The van der Waals surface area contributed by atoms with Gasteiger partial charge in [-0.2, -0.15) is 0 Å². The van der Waals surface area contributed by atoms with Crippen LogP contribution in [-0.2, 0) is 9.53 Å². The van der Waals surface area contributed by atoms with Gasteiger partial charge in [-0.3, -0.25) is 4.79 Å². The van der Waals surface area contributed by atoms with E-state index in [4.69, 9.17) is 4.74 Å². The summed E-state index contributed by atoms with van der Waals surface area (Å²) in [5.74, 6) is 1.19. The van der Waals surface area contributed by atoms with Gasteiger partial charge >= 0.3 is 5.97 Å². The summed E-state index contributed by atoms with van der Waals surface area (Å²) in [7, 11) is 1.46. The molecule has 2 atom stereocenters. The molecule has 0 amide bonds. The Morgan fingerprint density at radius 2 is 1.94 bits per heavy atom. The Kier molecular flexibility index (Phi) is 2.13. The molecular weight excluding hydrogens is 204 g/mol. The van der Waals surface area contributed by atoms with Crippen molar-refractivity contribution in [1.82, 2.24) is 0 Å². The van der Waals surface area contributed by atoms with Crippen LogP contribution < -0.4 is 0 Å². The molecule has 2 unspecified atom stereocenters. The molecule has 0 aliphatic heterocycles. The zero-order valence-electron chi connectivity index (χ0n) is 9.87. The molecule has 0 aromatic rings. The Bertz CT molecular complexity index is 309. The van der Waals surface area contributed by atoms with Crippen molar-refractivity contribution in [2.24, 2.45) is 17.3 Å². The van der Waals surface area contributed by atoms with E-state index < -0.39 is 5.60 Å². The van der Waals surface area contributed by atoms with Gasteiger partial charge in [-0.05, 0) is 55.8 Å². The highest BCUT2D eigenvalue weighted by Crippen LogP contribution is 2.62. The normalized spacial score (nSPS) is 49.4. The molecule has 0 radical (unpaired) electrons. The lowest BCUT2D eigenvalue weighted by Gasteiger charge is -2.60. The average molecular weight is 224 g/mol. The fraction of sp³-hybridized carbons (Fsp3) is 0.923. The lowest BCUT2D eigenvalue weighted by molar-refractivity contribution is -0.175. The summed E-state index contributed by atoms with van der Waals surface area (Å²) >= 11 is 0. The number of carbonyl (C=O) groups excluding carboxylic acids is 1. The smallest absolute Gasteiger partial charge is 0.306 e. The van der Waals surface area contributed by atoms with Gasteiger partial charge in [-0.25, -0.2) is 0 Å². The maximum Gasteiger partial charge on any atom is 0.306 e. The molecule has 4 fully saturated rings. The molecule has 3 heteroatoms. The lowest BCUT2D eigenvalue weighted by Crippen LogP contribution is -2.56. The van der Waals surface area contributed by atoms with Crippen LogP contribution in [0.1, 0.15) is 44.9 Å². The van der Waals surface area contributed by atoms with Crippen molar-refractivity contribution in [2.75, 3.05) is 7.11 Å². The molecule has 0 aromatic heterocycles. The monoisotopic (exact) mass is 224 g/mol. The molecule has 1 N–H and O–H groups in total. The lowest BCUT2D eigenvalue weighted by atomic mass is 9.47. The number of esters is 1. The molecule has 4 saturated carbocycles. The molecule has 4 aliphatic carbocycles. The summed E-state index contributed by atoms with van der Waals surface area (Å²) in [6.45, 7) is 0. The van der Waals surface area contributed by atoms with Gasteiger partial charge in [0, 0.05) is 0 Å². The van der Waals surface area contributed by atoms with Gasteiger partial charge in [0.1, 0.15) is 0 Å². The molecule has 3 nitrogen and oxygen atoms in total. The maximum atomic E-state index is 11.5. The molecule has 4 bridgehead atoms. The first kappa shape index (κ1) is 10.6. The first-order valence-corrected chi connectivity index (χ1v) is 6.32. The highest BCUT2D eigenvalue weighted by atomic mass is 16.5.